The number of rotatable bonds is 11. The first-order chi connectivity index (χ1) is 21.4. The molecule has 0 radical (unpaired) electrons. The van der Waals surface area contributed by atoms with Crippen molar-refractivity contribution in [2.75, 3.05) is 24.6 Å². The molecule has 228 valence electrons. The second-order valence-corrected chi connectivity index (χ2v) is 17.4. The summed E-state index contributed by atoms with van der Waals surface area (Å²) in [5, 5.41) is 7.73. The number of hydrogen-bond donors (Lipinski definition) is 0. The van der Waals surface area contributed by atoms with Gasteiger partial charge in [0.2, 0.25) is 0 Å². The van der Waals surface area contributed by atoms with Crippen LogP contribution in [0.25, 0.3) is 0 Å². The molecule has 8 heteroatoms. The summed E-state index contributed by atoms with van der Waals surface area (Å²) in [4.78, 5) is 0. The maximum absolute atomic E-state index is 7.50. The van der Waals surface area contributed by atoms with Crippen molar-refractivity contribution >= 4 is 50.3 Å². The van der Waals surface area contributed by atoms with Gasteiger partial charge in [-0.05, 0) is 60.7 Å². The van der Waals surface area contributed by atoms with Crippen molar-refractivity contribution in [3.05, 3.63) is 172 Å². The van der Waals surface area contributed by atoms with E-state index in [9.17, 15) is 0 Å². The van der Waals surface area contributed by atoms with Crippen molar-refractivity contribution in [2.24, 2.45) is 0 Å². The summed E-state index contributed by atoms with van der Waals surface area (Å²) < 4.78 is 22.5. The number of hydrogen-bond acceptors (Lipinski definition) is 0. The quantitative estimate of drug-likeness (QED) is 0.0862. The van der Waals surface area contributed by atoms with Crippen LogP contribution < -0.4 is 38.9 Å². The molecule has 0 unspecified atom stereocenters. The Balaban J connectivity index is 0.00000229. The van der Waals surface area contributed by atoms with Crippen molar-refractivity contribution in [2.45, 2.75) is 0 Å². The Morgan fingerprint density at radius 3 is 0.756 bits per heavy atom. The van der Waals surface area contributed by atoms with Crippen LogP contribution in [0.15, 0.2) is 152 Å². The van der Waals surface area contributed by atoms with E-state index in [-0.39, 0.29) is 31.9 Å². The van der Waals surface area contributed by atoms with E-state index >= 15 is 0 Å². The third-order valence-corrected chi connectivity index (χ3v) is 16.5. The Kier molecular flexibility index (Phi) is 25.2. The second kappa shape index (κ2) is 26.7. The first-order valence-electron chi connectivity index (χ1n) is 13.8. The number of benzene rings is 5. The zero-order valence-corrected chi connectivity index (χ0v) is 30.2. The Hall–Kier alpha value is -2.48. The average Bonchev–Trinajstić information content (AvgIpc) is 3.12. The zero-order valence-electron chi connectivity index (χ0n) is 24.7. The predicted octanol–water partition coefficient (Wildman–Crippen LogP) is 3.15. The van der Waals surface area contributed by atoms with Crippen molar-refractivity contribution in [1.82, 2.24) is 0 Å². The summed E-state index contributed by atoms with van der Waals surface area (Å²) in [7, 11) is -2.31. The van der Waals surface area contributed by atoms with Gasteiger partial charge in [-0.1, -0.05) is 91.0 Å². The smallest absolute Gasteiger partial charge is 1.00 e. The van der Waals surface area contributed by atoms with Crippen molar-refractivity contribution in [3.63, 3.8) is 0 Å². The van der Waals surface area contributed by atoms with Crippen LogP contribution in [0.5, 0.6) is 0 Å². The molecule has 0 saturated carbocycles. The molecule has 5 aromatic carbocycles. The van der Waals surface area contributed by atoms with Gasteiger partial charge in [-0.3, -0.25) is 0 Å². The van der Waals surface area contributed by atoms with Crippen LogP contribution in [-0.2, 0) is 33.4 Å². The van der Waals surface area contributed by atoms with Gasteiger partial charge in [0, 0.05) is 7.92 Å². The standard InChI is InChI=1S/C34H33P3.3CO.ClH.Ru/c1-6-16-30(17-7-1)35(26-28-36(31-18-8-2-9-19-31)32-20-10-3-11-21-32)27-29-37(33-22-12-4-13-23-33)34-24-14-5-15-25-34;3*1-2;;/h1-25H,26-29H2;;;;1H;/q;;;;;+2/p+2. The molecule has 0 fully saturated rings. The Bertz CT molecular complexity index is 1290. The number of halogens is 1. The Morgan fingerprint density at radius 1 is 0.333 bits per heavy atom. The van der Waals surface area contributed by atoms with Gasteiger partial charge >= 0.3 is 53.4 Å². The third-order valence-electron chi connectivity index (χ3n) is 7.02. The van der Waals surface area contributed by atoms with Crippen LogP contribution >= 0.6 is 23.8 Å². The van der Waals surface area contributed by atoms with Crippen molar-refractivity contribution in [1.29, 1.82) is 0 Å². The van der Waals surface area contributed by atoms with E-state index in [0.717, 1.165) is 0 Å². The van der Waals surface area contributed by atoms with E-state index in [1.807, 2.05) is 0 Å². The SMILES string of the molecule is [C-]#[O+].[C-]#[O+].[C-]#[O+].[Cl-].[Ru+2].c1ccc([PH+](CC[PH+](c2ccccc2)c2ccccc2)CC[PH+](c2ccccc2)c2ccccc2)cc1. The molecule has 0 aromatic heterocycles. The minimum Gasteiger partial charge on any atom is -1.00 e. The summed E-state index contributed by atoms with van der Waals surface area (Å²) in [6.07, 6.45) is 5.23. The van der Waals surface area contributed by atoms with Crippen LogP contribution in [-0.4, -0.2) is 24.6 Å². The molecule has 0 bridgehead atoms. The summed E-state index contributed by atoms with van der Waals surface area (Å²) in [6, 6.07) is 56.5. The van der Waals surface area contributed by atoms with Crippen LogP contribution in [0.3, 0.4) is 0 Å². The molecule has 0 N–H and O–H groups in total. The predicted molar refractivity (Wildman–Crippen MR) is 187 cm³/mol. The molecule has 0 spiro atoms. The van der Waals surface area contributed by atoms with Crippen LogP contribution in [0.2, 0.25) is 0 Å². The molecule has 5 rings (SSSR count). The molecule has 45 heavy (non-hydrogen) atoms. The summed E-state index contributed by atoms with van der Waals surface area (Å²) in [5.41, 5.74) is 0. The average molecular weight is 758 g/mol. The normalized spacial score (nSPS) is 9.44. The summed E-state index contributed by atoms with van der Waals surface area (Å²) in [5.74, 6) is 0. The molecular weight excluding hydrogens is 722 g/mol. The van der Waals surface area contributed by atoms with E-state index < -0.39 is 23.8 Å². The zero-order chi connectivity index (χ0) is 31.1. The molecular formula is C37H36ClO3P3Ru+4. The fourth-order valence-electron chi connectivity index (χ4n) is 5.11. The van der Waals surface area contributed by atoms with E-state index in [1.54, 1.807) is 5.30 Å². The third kappa shape index (κ3) is 14.2. The Labute approximate surface area is 290 Å². The topological polar surface area (TPSA) is 59.7 Å². The van der Waals surface area contributed by atoms with Gasteiger partial charge in [0.05, 0.1) is 54.7 Å². The van der Waals surface area contributed by atoms with Crippen LogP contribution in [0, 0.1) is 20.0 Å². The Morgan fingerprint density at radius 2 is 0.533 bits per heavy atom. The molecule has 0 aliphatic rings. The minimum atomic E-state index is -0.809. The van der Waals surface area contributed by atoms with Gasteiger partial charge in [0.25, 0.3) is 0 Å². The van der Waals surface area contributed by atoms with E-state index in [2.05, 4.69) is 172 Å². The van der Waals surface area contributed by atoms with Gasteiger partial charge in [0.15, 0.2) is 0 Å². The van der Waals surface area contributed by atoms with Crippen LogP contribution in [0.4, 0.5) is 0 Å². The van der Waals surface area contributed by atoms with Gasteiger partial charge in [0.1, 0.15) is 12.3 Å². The maximum Gasteiger partial charge on any atom is 2.00 e. The fourth-order valence-corrected chi connectivity index (χ4v) is 15.2. The molecule has 3 nitrogen and oxygen atoms in total. The van der Waals surface area contributed by atoms with Crippen LogP contribution in [0.1, 0.15) is 0 Å². The van der Waals surface area contributed by atoms with Gasteiger partial charge in [-0.15, -0.1) is 0 Å². The van der Waals surface area contributed by atoms with E-state index in [1.165, 1.54) is 45.9 Å². The molecule has 0 saturated heterocycles. The molecule has 0 aliphatic carbocycles. The van der Waals surface area contributed by atoms with Gasteiger partial charge < -0.3 is 12.4 Å². The minimum absolute atomic E-state index is 0. The monoisotopic (exact) mass is 758 g/mol. The van der Waals surface area contributed by atoms with Crippen molar-refractivity contribution < 1.29 is 45.8 Å². The van der Waals surface area contributed by atoms with E-state index in [4.69, 9.17) is 14.0 Å². The molecule has 0 amide bonds. The first-order valence-corrected chi connectivity index (χ1v) is 19.2. The largest absolute Gasteiger partial charge is 2.00 e. The van der Waals surface area contributed by atoms with E-state index in [0.29, 0.717) is 0 Å². The molecule has 0 atom stereocenters. The first kappa shape index (κ1) is 42.5. The fraction of sp³-hybridized carbons (Fsp3) is 0.108. The van der Waals surface area contributed by atoms with Gasteiger partial charge in [-0.25, -0.2) is 0 Å². The molecule has 0 aliphatic heterocycles. The summed E-state index contributed by atoms with van der Waals surface area (Å²) in [6.45, 7) is 13.5. The van der Waals surface area contributed by atoms with Crippen molar-refractivity contribution in [3.8, 4) is 0 Å². The van der Waals surface area contributed by atoms with Gasteiger partial charge in [-0.2, -0.15) is 0 Å². The summed E-state index contributed by atoms with van der Waals surface area (Å²) >= 11 is 0. The second-order valence-electron chi connectivity index (χ2n) is 9.39. The molecule has 0 heterocycles. The molecule has 5 aromatic rings. The maximum atomic E-state index is 7.50.